The monoisotopic (exact) mass is 368 g/mol. The van der Waals surface area contributed by atoms with Crippen molar-refractivity contribution in [3.8, 4) is 5.75 Å². The average molecular weight is 368 g/mol. The summed E-state index contributed by atoms with van der Waals surface area (Å²) in [5, 5.41) is 5.66. The molecule has 0 atom stereocenters. The number of carbonyl (C=O) groups excluding carboxylic acids is 2. The van der Waals surface area contributed by atoms with Crippen molar-refractivity contribution in [2.24, 2.45) is 5.92 Å². The van der Waals surface area contributed by atoms with Gasteiger partial charge in [0.05, 0.1) is 6.61 Å². The van der Waals surface area contributed by atoms with Crippen LogP contribution in [0.25, 0.3) is 0 Å². The number of hydrogen-bond acceptors (Lipinski definition) is 3. The van der Waals surface area contributed by atoms with Gasteiger partial charge in [0, 0.05) is 22.9 Å². The molecule has 2 rings (SSSR count). The van der Waals surface area contributed by atoms with Gasteiger partial charge in [0.15, 0.2) is 0 Å². The van der Waals surface area contributed by atoms with Gasteiger partial charge in [0.2, 0.25) is 0 Å². The molecule has 2 amide bonds. The van der Waals surface area contributed by atoms with Gasteiger partial charge in [-0.15, -0.1) is 0 Å². The van der Waals surface area contributed by atoms with Crippen molar-refractivity contribution in [2.75, 3.05) is 11.9 Å². The maximum atomic E-state index is 12.4. The molecule has 0 saturated carbocycles. The van der Waals surface area contributed by atoms with Crippen molar-refractivity contribution in [2.45, 2.75) is 40.2 Å². The standard InChI is InChI=1S/C22H28N2O3/c1-15(2)13-14-27-20-11-7-18(8-12-20)22(26)24-19-9-5-17(6-10-19)21(25)23-16(3)4/h5-12,15-16H,13-14H2,1-4H3,(H,23,25)(H,24,26). The molecule has 2 N–H and O–H groups in total. The first-order chi connectivity index (χ1) is 12.8. The Labute approximate surface area is 161 Å². The molecule has 0 unspecified atom stereocenters. The molecule has 0 aromatic heterocycles. The van der Waals surface area contributed by atoms with Gasteiger partial charge in [0.25, 0.3) is 11.8 Å². The van der Waals surface area contributed by atoms with Gasteiger partial charge in [-0.2, -0.15) is 0 Å². The predicted molar refractivity (Wildman–Crippen MR) is 108 cm³/mol. The lowest BCUT2D eigenvalue weighted by molar-refractivity contribution is 0.0942. The maximum Gasteiger partial charge on any atom is 0.255 e. The fourth-order valence-electron chi connectivity index (χ4n) is 2.37. The number of carbonyl (C=O) groups is 2. The summed E-state index contributed by atoms with van der Waals surface area (Å²) in [6, 6.07) is 14.0. The Balaban J connectivity index is 1.91. The molecule has 0 fully saturated rings. The molecule has 0 aliphatic heterocycles. The van der Waals surface area contributed by atoms with E-state index in [9.17, 15) is 9.59 Å². The molecular formula is C22H28N2O3. The predicted octanol–water partition coefficient (Wildman–Crippen LogP) is 4.50. The van der Waals surface area contributed by atoms with Crippen LogP contribution >= 0.6 is 0 Å². The zero-order chi connectivity index (χ0) is 19.8. The third-order valence-corrected chi connectivity index (χ3v) is 3.91. The highest BCUT2D eigenvalue weighted by molar-refractivity contribution is 6.04. The summed E-state index contributed by atoms with van der Waals surface area (Å²) in [4.78, 5) is 24.3. The van der Waals surface area contributed by atoms with Crippen molar-refractivity contribution in [3.05, 3.63) is 59.7 Å². The van der Waals surface area contributed by atoms with Crippen LogP contribution in [0, 0.1) is 5.92 Å². The third-order valence-electron chi connectivity index (χ3n) is 3.91. The molecule has 144 valence electrons. The van der Waals surface area contributed by atoms with Gasteiger partial charge in [-0.25, -0.2) is 0 Å². The van der Waals surface area contributed by atoms with Crippen LogP contribution in [-0.4, -0.2) is 24.5 Å². The van der Waals surface area contributed by atoms with Crippen molar-refractivity contribution in [1.29, 1.82) is 0 Å². The van der Waals surface area contributed by atoms with Crippen LogP contribution < -0.4 is 15.4 Å². The minimum Gasteiger partial charge on any atom is -0.494 e. The summed E-state index contributed by atoms with van der Waals surface area (Å²) in [5.41, 5.74) is 1.75. The fourth-order valence-corrected chi connectivity index (χ4v) is 2.37. The molecule has 0 radical (unpaired) electrons. The quantitative estimate of drug-likeness (QED) is 0.721. The van der Waals surface area contributed by atoms with E-state index in [-0.39, 0.29) is 17.9 Å². The lowest BCUT2D eigenvalue weighted by atomic mass is 10.1. The second-order valence-corrected chi connectivity index (χ2v) is 7.21. The van der Waals surface area contributed by atoms with Crippen LogP contribution in [0.15, 0.2) is 48.5 Å². The van der Waals surface area contributed by atoms with E-state index < -0.39 is 0 Å². The summed E-state index contributed by atoms with van der Waals surface area (Å²) in [7, 11) is 0. The first-order valence-electron chi connectivity index (χ1n) is 9.30. The lowest BCUT2D eigenvalue weighted by Gasteiger charge is -2.10. The van der Waals surface area contributed by atoms with Crippen LogP contribution in [0.1, 0.15) is 54.8 Å². The number of amides is 2. The second-order valence-electron chi connectivity index (χ2n) is 7.21. The Bertz CT molecular complexity index is 750. The number of hydrogen-bond donors (Lipinski definition) is 2. The van der Waals surface area contributed by atoms with E-state index in [2.05, 4.69) is 24.5 Å². The number of nitrogens with one attached hydrogen (secondary N) is 2. The topological polar surface area (TPSA) is 67.4 Å². The molecule has 0 aliphatic rings. The first-order valence-corrected chi connectivity index (χ1v) is 9.30. The van der Waals surface area contributed by atoms with E-state index >= 15 is 0 Å². The molecule has 0 aliphatic carbocycles. The van der Waals surface area contributed by atoms with Crippen molar-refractivity contribution in [1.82, 2.24) is 5.32 Å². The first kappa shape index (κ1) is 20.5. The van der Waals surface area contributed by atoms with Crippen molar-refractivity contribution >= 4 is 17.5 Å². The van der Waals surface area contributed by atoms with Crippen LogP contribution in [0.2, 0.25) is 0 Å². The van der Waals surface area contributed by atoms with E-state index in [0.717, 1.165) is 12.2 Å². The Kier molecular flexibility index (Phi) is 7.41. The fraction of sp³-hybridized carbons (Fsp3) is 0.364. The van der Waals surface area contributed by atoms with Crippen LogP contribution in [0.5, 0.6) is 5.75 Å². The largest absolute Gasteiger partial charge is 0.494 e. The van der Waals surface area contributed by atoms with Gasteiger partial charge < -0.3 is 15.4 Å². The highest BCUT2D eigenvalue weighted by Gasteiger charge is 2.09. The Morgan fingerprint density at radius 2 is 1.41 bits per heavy atom. The third kappa shape index (κ3) is 6.77. The molecular weight excluding hydrogens is 340 g/mol. The molecule has 0 bridgehead atoms. The molecule has 0 spiro atoms. The SMILES string of the molecule is CC(C)CCOc1ccc(C(=O)Nc2ccc(C(=O)NC(C)C)cc2)cc1. The zero-order valence-corrected chi connectivity index (χ0v) is 16.4. The van der Waals surface area contributed by atoms with Gasteiger partial charge in [-0.05, 0) is 74.7 Å². The van der Waals surface area contributed by atoms with Gasteiger partial charge in [-0.3, -0.25) is 9.59 Å². The Morgan fingerprint density at radius 1 is 0.852 bits per heavy atom. The highest BCUT2D eigenvalue weighted by Crippen LogP contribution is 2.16. The molecule has 2 aromatic carbocycles. The van der Waals surface area contributed by atoms with Crippen molar-refractivity contribution in [3.63, 3.8) is 0 Å². The van der Waals surface area contributed by atoms with Gasteiger partial charge in [-0.1, -0.05) is 13.8 Å². The molecule has 2 aromatic rings. The normalized spacial score (nSPS) is 10.7. The van der Waals surface area contributed by atoms with Gasteiger partial charge in [0.1, 0.15) is 5.75 Å². The molecule has 27 heavy (non-hydrogen) atoms. The van der Waals surface area contributed by atoms with Crippen LogP contribution in [0.3, 0.4) is 0 Å². The van der Waals surface area contributed by atoms with E-state index in [0.29, 0.717) is 29.3 Å². The van der Waals surface area contributed by atoms with Crippen LogP contribution in [0.4, 0.5) is 5.69 Å². The molecule has 0 saturated heterocycles. The number of ether oxygens (including phenoxy) is 1. The second kappa shape index (κ2) is 9.76. The molecule has 5 heteroatoms. The number of rotatable bonds is 8. The molecule has 5 nitrogen and oxygen atoms in total. The molecule has 0 heterocycles. The summed E-state index contributed by atoms with van der Waals surface area (Å²) in [6.07, 6.45) is 0.993. The van der Waals surface area contributed by atoms with E-state index in [1.54, 1.807) is 48.5 Å². The summed E-state index contributed by atoms with van der Waals surface area (Å²) in [6.45, 7) is 8.79. The van der Waals surface area contributed by atoms with Crippen molar-refractivity contribution < 1.29 is 14.3 Å². The maximum absolute atomic E-state index is 12.4. The summed E-state index contributed by atoms with van der Waals surface area (Å²) < 4.78 is 5.66. The van der Waals surface area contributed by atoms with E-state index in [1.807, 2.05) is 13.8 Å². The summed E-state index contributed by atoms with van der Waals surface area (Å²) in [5.74, 6) is 1.02. The minimum absolute atomic E-state index is 0.0780. The number of anilines is 1. The zero-order valence-electron chi connectivity index (χ0n) is 16.4. The van der Waals surface area contributed by atoms with Gasteiger partial charge >= 0.3 is 0 Å². The minimum atomic E-state index is -0.205. The lowest BCUT2D eigenvalue weighted by Crippen LogP contribution is -2.30. The smallest absolute Gasteiger partial charge is 0.255 e. The van der Waals surface area contributed by atoms with E-state index in [4.69, 9.17) is 4.74 Å². The average Bonchev–Trinajstić information content (AvgIpc) is 2.62. The Hall–Kier alpha value is -2.82. The van der Waals surface area contributed by atoms with E-state index in [1.165, 1.54) is 0 Å². The number of benzene rings is 2. The summed E-state index contributed by atoms with van der Waals surface area (Å²) >= 11 is 0. The highest BCUT2D eigenvalue weighted by atomic mass is 16.5. The van der Waals surface area contributed by atoms with Crippen LogP contribution in [-0.2, 0) is 0 Å². The Morgan fingerprint density at radius 3 is 1.96 bits per heavy atom.